The second kappa shape index (κ2) is 14.9. The maximum Gasteiger partial charge on any atom is 0.523 e. The van der Waals surface area contributed by atoms with E-state index in [0.717, 1.165) is 42.4 Å². The van der Waals surface area contributed by atoms with Crippen LogP contribution in [0.2, 0.25) is 5.04 Å². The summed E-state index contributed by atoms with van der Waals surface area (Å²) >= 11 is 0. The Balaban J connectivity index is 1.54. The van der Waals surface area contributed by atoms with Gasteiger partial charge in [-0.2, -0.15) is 21.6 Å². The number of aromatic nitrogens is 1. The summed E-state index contributed by atoms with van der Waals surface area (Å²) in [7, 11) is -5.04. The number of hydrogen-bond donors (Lipinski definition) is 0. The van der Waals surface area contributed by atoms with Gasteiger partial charge in [-0.25, -0.2) is 0 Å². The predicted octanol–water partition coefficient (Wildman–Crippen LogP) is 8.17. The van der Waals surface area contributed by atoms with Crippen molar-refractivity contribution in [2.75, 3.05) is 7.11 Å². The van der Waals surface area contributed by atoms with Gasteiger partial charge in [-0.15, -0.1) is 0 Å². The molecular formula is C34H40F3NO5SSi. The van der Waals surface area contributed by atoms with Crippen molar-refractivity contribution < 1.29 is 34.9 Å². The number of nitrogens with zero attached hydrogens (tertiary/aromatic N) is 1. The van der Waals surface area contributed by atoms with Crippen LogP contribution in [0.1, 0.15) is 74.6 Å². The van der Waals surface area contributed by atoms with Crippen LogP contribution in [0.5, 0.6) is 5.75 Å². The number of hydrogen-bond acceptors (Lipinski definition) is 6. The molecule has 45 heavy (non-hydrogen) atoms. The molecule has 3 aromatic carbocycles. The van der Waals surface area contributed by atoms with Crippen LogP contribution >= 0.6 is 0 Å². The van der Waals surface area contributed by atoms with Crippen molar-refractivity contribution in [1.82, 2.24) is 4.98 Å². The fourth-order valence-corrected chi connectivity index (χ4v) is 6.57. The van der Waals surface area contributed by atoms with Crippen molar-refractivity contribution in [3.05, 3.63) is 107 Å². The molecule has 0 amide bonds. The van der Waals surface area contributed by atoms with E-state index in [0.29, 0.717) is 16.8 Å². The monoisotopic (exact) mass is 659 g/mol. The molecule has 2 atom stereocenters. The quantitative estimate of drug-likeness (QED) is 0.0589. The molecule has 4 aromatic rings. The largest absolute Gasteiger partial charge is 0.523 e. The lowest BCUT2D eigenvalue weighted by Gasteiger charge is -2.25. The van der Waals surface area contributed by atoms with E-state index in [1.807, 2.05) is 36.4 Å². The van der Waals surface area contributed by atoms with Crippen LogP contribution < -0.4 is 4.74 Å². The first-order valence-electron chi connectivity index (χ1n) is 14.9. The van der Waals surface area contributed by atoms with Crippen LogP contribution in [0.4, 0.5) is 13.2 Å². The number of aryl methyl sites for hydroxylation is 1. The summed E-state index contributed by atoms with van der Waals surface area (Å²) < 4.78 is 80.0. The van der Waals surface area contributed by atoms with E-state index in [2.05, 4.69) is 32.9 Å². The number of ether oxygens (including phenoxy) is 1. The molecule has 0 N–H and O–H groups in total. The number of halogens is 3. The molecule has 1 heterocycles. The average Bonchev–Trinajstić information content (AvgIpc) is 2.99. The zero-order chi connectivity index (χ0) is 32.7. The molecule has 0 bridgehead atoms. The maximum absolute atomic E-state index is 13.2. The van der Waals surface area contributed by atoms with Gasteiger partial charge >= 0.3 is 15.6 Å². The molecule has 0 aliphatic heterocycles. The number of pyridine rings is 1. The minimum Gasteiger partial charge on any atom is -0.497 e. The molecular weight excluding hydrogens is 620 g/mol. The normalized spacial score (nSPS) is 14.2. The number of unbranched alkanes of at least 4 members (excludes halogenated alkanes) is 1. The maximum atomic E-state index is 13.2. The van der Waals surface area contributed by atoms with Gasteiger partial charge in [0.1, 0.15) is 11.9 Å². The number of alkyl halides is 3. The van der Waals surface area contributed by atoms with E-state index in [-0.39, 0.29) is 17.6 Å². The third-order valence-electron chi connectivity index (χ3n) is 7.30. The standard InChI is InChI=1S/C34H40F3NO5SSi/c1-33(2,3)45-43-31(13-9-8-10-24-14-20-29(41-4)21-15-24)27-17-16-25-18-19-28(38-30(25)22-27)23-32(26-11-6-5-7-12-26)42-44(39,40)34(35,36)37/h5-7,11-12,14-22,31-32H,8-10,13,23,45H2,1-4H3. The van der Waals surface area contributed by atoms with Gasteiger partial charge in [0, 0.05) is 17.5 Å². The van der Waals surface area contributed by atoms with E-state index in [4.69, 9.17) is 18.3 Å². The Bertz CT molecular complexity index is 1640. The van der Waals surface area contributed by atoms with Crippen LogP contribution in [-0.4, -0.2) is 35.8 Å². The van der Waals surface area contributed by atoms with Crippen LogP contribution in [0.15, 0.2) is 84.9 Å². The predicted molar refractivity (Wildman–Crippen MR) is 173 cm³/mol. The molecule has 0 saturated carbocycles. The van der Waals surface area contributed by atoms with Gasteiger partial charge < -0.3 is 9.16 Å². The van der Waals surface area contributed by atoms with Crippen LogP contribution in [-0.2, 0) is 31.6 Å². The molecule has 6 nitrogen and oxygen atoms in total. The summed E-state index contributed by atoms with van der Waals surface area (Å²) in [4.78, 5) is 4.72. The minimum atomic E-state index is -5.82. The number of methoxy groups -OCH3 is 1. The van der Waals surface area contributed by atoms with Gasteiger partial charge in [0.05, 0.1) is 18.7 Å². The van der Waals surface area contributed by atoms with Crippen LogP contribution in [0, 0.1) is 0 Å². The third kappa shape index (κ3) is 10.1. The fraction of sp³-hybridized carbons (Fsp3) is 0.382. The Morgan fingerprint density at radius 1 is 0.844 bits per heavy atom. The highest BCUT2D eigenvalue weighted by Gasteiger charge is 2.48. The summed E-state index contributed by atoms with van der Waals surface area (Å²) in [5, 5.41) is 0.959. The summed E-state index contributed by atoms with van der Waals surface area (Å²) in [6.07, 6.45) is 2.08. The third-order valence-corrected chi connectivity index (χ3v) is 9.78. The summed E-state index contributed by atoms with van der Waals surface area (Å²) in [6.45, 7) is 6.54. The van der Waals surface area contributed by atoms with E-state index < -0.39 is 31.5 Å². The first-order valence-corrected chi connectivity index (χ1v) is 17.6. The first kappa shape index (κ1) is 34.6. The van der Waals surface area contributed by atoms with Gasteiger partial charge in [0.2, 0.25) is 0 Å². The van der Waals surface area contributed by atoms with Gasteiger partial charge in [0.15, 0.2) is 9.76 Å². The number of rotatable bonds is 14. The van der Waals surface area contributed by atoms with Crippen molar-refractivity contribution in [3.8, 4) is 5.75 Å². The molecule has 0 saturated heterocycles. The molecule has 0 spiro atoms. The molecule has 0 radical (unpaired) electrons. The second-order valence-electron chi connectivity index (χ2n) is 12.3. The lowest BCUT2D eigenvalue weighted by molar-refractivity contribution is -0.0575. The van der Waals surface area contributed by atoms with Crippen LogP contribution in [0.3, 0.4) is 0 Å². The fourth-order valence-electron chi connectivity index (χ4n) is 4.91. The molecule has 4 rings (SSSR count). The van der Waals surface area contributed by atoms with Gasteiger partial charge in [0.25, 0.3) is 0 Å². The lowest BCUT2D eigenvalue weighted by atomic mass is 9.99. The van der Waals surface area contributed by atoms with E-state index >= 15 is 0 Å². The molecule has 0 aliphatic carbocycles. The van der Waals surface area contributed by atoms with Crippen molar-refractivity contribution in [1.29, 1.82) is 0 Å². The second-order valence-corrected chi connectivity index (χ2v) is 16.6. The highest BCUT2D eigenvalue weighted by molar-refractivity contribution is 7.87. The van der Waals surface area contributed by atoms with Crippen molar-refractivity contribution in [3.63, 3.8) is 0 Å². The summed E-state index contributed by atoms with van der Waals surface area (Å²) in [5.41, 5.74) is -1.93. The Hall–Kier alpha value is -3.25. The van der Waals surface area contributed by atoms with E-state index in [1.54, 1.807) is 31.4 Å². The average molecular weight is 660 g/mol. The van der Waals surface area contributed by atoms with E-state index in [9.17, 15) is 21.6 Å². The Morgan fingerprint density at radius 2 is 1.53 bits per heavy atom. The van der Waals surface area contributed by atoms with Gasteiger partial charge in [-0.05, 0) is 65.3 Å². The highest BCUT2D eigenvalue weighted by Crippen LogP contribution is 2.33. The van der Waals surface area contributed by atoms with E-state index in [1.165, 1.54) is 17.7 Å². The van der Waals surface area contributed by atoms with Crippen molar-refractivity contribution in [2.24, 2.45) is 0 Å². The molecule has 0 fully saturated rings. The van der Waals surface area contributed by atoms with Crippen LogP contribution in [0.25, 0.3) is 10.9 Å². The molecule has 11 heteroatoms. The zero-order valence-electron chi connectivity index (χ0n) is 26.0. The molecule has 242 valence electrons. The van der Waals surface area contributed by atoms with Crippen molar-refractivity contribution >= 4 is 30.8 Å². The topological polar surface area (TPSA) is 74.7 Å². The minimum absolute atomic E-state index is 0.104. The number of benzene rings is 3. The Kier molecular flexibility index (Phi) is 11.5. The SMILES string of the molecule is COc1ccc(CCCCC(O[SiH2]C(C)(C)C)c2ccc3ccc(CC(OS(=O)(=O)C(F)(F)F)c4ccccc4)nc3c2)cc1. The molecule has 1 aromatic heterocycles. The molecule has 0 aliphatic rings. The molecule has 2 unspecified atom stereocenters. The lowest BCUT2D eigenvalue weighted by Crippen LogP contribution is -2.28. The highest BCUT2D eigenvalue weighted by atomic mass is 32.2. The smallest absolute Gasteiger partial charge is 0.497 e. The van der Waals surface area contributed by atoms with Gasteiger partial charge in [-0.3, -0.25) is 9.17 Å². The zero-order valence-corrected chi connectivity index (χ0v) is 28.2. The van der Waals surface area contributed by atoms with Crippen molar-refractivity contribution in [2.45, 2.75) is 75.6 Å². The van der Waals surface area contributed by atoms with Gasteiger partial charge in [-0.1, -0.05) is 87.9 Å². The Labute approximate surface area is 266 Å². The summed E-state index contributed by atoms with van der Waals surface area (Å²) in [6, 6.07) is 25.6. The Morgan fingerprint density at radius 3 is 2.18 bits per heavy atom. The summed E-state index contributed by atoms with van der Waals surface area (Å²) in [5.74, 6) is 0.835. The number of fused-ring (bicyclic) bond motifs is 1. The first-order chi connectivity index (χ1) is 21.2.